The van der Waals surface area contributed by atoms with Crippen molar-refractivity contribution < 1.29 is 18.8 Å². The molecule has 0 saturated carbocycles. The minimum atomic E-state index is -0.529. The number of carbonyl (C=O) groups is 3. The Hall–Kier alpha value is -3.23. The predicted molar refractivity (Wildman–Crippen MR) is 103 cm³/mol. The van der Waals surface area contributed by atoms with E-state index in [0.29, 0.717) is 44.8 Å². The summed E-state index contributed by atoms with van der Waals surface area (Å²) < 4.78 is 15.7. The third kappa shape index (κ3) is 3.72. The smallest absolute Gasteiger partial charge is 0.290 e. The van der Waals surface area contributed by atoms with E-state index in [2.05, 4.69) is 10.3 Å². The third-order valence-corrected chi connectivity index (χ3v) is 5.40. The molecule has 2 aliphatic heterocycles. The fraction of sp³-hybridized carbons (Fsp3) is 0.400. The van der Waals surface area contributed by atoms with E-state index >= 15 is 0 Å². The number of nitrogens with one attached hydrogen (secondary N) is 1. The van der Waals surface area contributed by atoms with E-state index in [1.807, 2.05) is 4.57 Å². The standard InChI is InChI=1S/C20H22FN5O3/c21-14-5-1-2-6-15(14)22-19(28)17-16-7-3-4-8-26(16)18(23-17)20(29)25-11-9-24(13-27)10-12-25/h1-2,5-6,13H,3-4,7-12H2,(H,22,28). The van der Waals surface area contributed by atoms with Gasteiger partial charge in [-0.3, -0.25) is 14.4 Å². The van der Waals surface area contributed by atoms with E-state index in [4.69, 9.17) is 0 Å². The van der Waals surface area contributed by atoms with Crippen LogP contribution >= 0.6 is 0 Å². The maximum Gasteiger partial charge on any atom is 0.290 e. The molecule has 1 fully saturated rings. The molecule has 0 aliphatic carbocycles. The summed E-state index contributed by atoms with van der Waals surface area (Å²) in [6.07, 6.45) is 3.22. The van der Waals surface area contributed by atoms with Crippen LogP contribution in [0, 0.1) is 5.82 Å². The van der Waals surface area contributed by atoms with Gasteiger partial charge in [0.15, 0.2) is 11.5 Å². The number of imidazole rings is 1. The Balaban J connectivity index is 1.60. The normalized spacial score (nSPS) is 16.3. The Kier molecular flexibility index (Phi) is 5.28. The van der Waals surface area contributed by atoms with Crippen LogP contribution in [0.3, 0.4) is 0 Å². The Morgan fingerprint density at radius 3 is 2.55 bits per heavy atom. The number of hydrogen-bond acceptors (Lipinski definition) is 4. The highest BCUT2D eigenvalue weighted by atomic mass is 19.1. The second-order valence-corrected chi connectivity index (χ2v) is 7.21. The van der Waals surface area contributed by atoms with Gasteiger partial charge >= 0.3 is 0 Å². The van der Waals surface area contributed by atoms with E-state index in [9.17, 15) is 18.8 Å². The van der Waals surface area contributed by atoms with Gasteiger partial charge in [0, 0.05) is 32.7 Å². The minimum absolute atomic E-state index is 0.0768. The number of benzene rings is 1. The maximum atomic E-state index is 13.9. The van der Waals surface area contributed by atoms with Crippen molar-refractivity contribution in [2.24, 2.45) is 0 Å². The molecule has 2 aliphatic rings. The van der Waals surface area contributed by atoms with Crippen molar-refractivity contribution in [3.05, 3.63) is 47.3 Å². The molecule has 1 aromatic carbocycles. The summed E-state index contributed by atoms with van der Waals surface area (Å²) in [6, 6.07) is 5.93. The number of para-hydroxylation sites is 1. The lowest BCUT2D eigenvalue weighted by Crippen LogP contribution is -2.48. The second-order valence-electron chi connectivity index (χ2n) is 7.21. The molecule has 0 radical (unpaired) electrons. The van der Waals surface area contributed by atoms with Crippen LogP contribution in [0.5, 0.6) is 0 Å². The van der Waals surface area contributed by atoms with Gasteiger partial charge in [0.25, 0.3) is 11.8 Å². The quantitative estimate of drug-likeness (QED) is 0.790. The van der Waals surface area contributed by atoms with Crippen molar-refractivity contribution in [3.63, 3.8) is 0 Å². The maximum absolute atomic E-state index is 13.9. The van der Waals surface area contributed by atoms with Crippen LogP contribution in [0.25, 0.3) is 0 Å². The number of nitrogens with zero attached hydrogens (tertiary/aromatic N) is 4. The number of fused-ring (bicyclic) bond motifs is 1. The molecule has 4 rings (SSSR count). The third-order valence-electron chi connectivity index (χ3n) is 5.40. The summed E-state index contributed by atoms with van der Waals surface area (Å²) in [6.45, 7) is 2.42. The lowest BCUT2D eigenvalue weighted by atomic mass is 10.1. The number of anilines is 1. The highest BCUT2D eigenvalue weighted by molar-refractivity contribution is 6.05. The van der Waals surface area contributed by atoms with Gasteiger partial charge in [-0.1, -0.05) is 12.1 Å². The monoisotopic (exact) mass is 399 g/mol. The molecule has 29 heavy (non-hydrogen) atoms. The first-order valence-electron chi connectivity index (χ1n) is 9.72. The zero-order chi connectivity index (χ0) is 20.4. The van der Waals surface area contributed by atoms with E-state index in [-0.39, 0.29) is 23.1 Å². The number of rotatable bonds is 4. The predicted octanol–water partition coefficient (Wildman–Crippen LogP) is 1.52. The lowest BCUT2D eigenvalue weighted by Gasteiger charge is -2.32. The first kappa shape index (κ1) is 19.1. The molecule has 2 aromatic rings. The van der Waals surface area contributed by atoms with Crippen LogP contribution < -0.4 is 5.32 Å². The summed E-state index contributed by atoms with van der Waals surface area (Å²) in [4.78, 5) is 44.4. The molecule has 8 nitrogen and oxygen atoms in total. The van der Waals surface area contributed by atoms with E-state index in [1.54, 1.807) is 21.9 Å². The Morgan fingerprint density at radius 1 is 1.07 bits per heavy atom. The van der Waals surface area contributed by atoms with Gasteiger partial charge in [-0.05, 0) is 31.4 Å². The molecular formula is C20H22FN5O3. The number of piperazine rings is 1. The SMILES string of the molecule is O=CN1CCN(C(=O)c2nc(C(=O)Nc3ccccc3F)c3n2CCCC3)CC1. The lowest BCUT2D eigenvalue weighted by molar-refractivity contribution is -0.119. The van der Waals surface area contributed by atoms with Crippen molar-refractivity contribution in [3.8, 4) is 0 Å². The molecule has 0 bridgehead atoms. The molecule has 3 amide bonds. The first-order valence-corrected chi connectivity index (χ1v) is 9.72. The summed E-state index contributed by atoms with van der Waals surface area (Å²) in [5, 5.41) is 2.56. The van der Waals surface area contributed by atoms with Crippen LogP contribution in [-0.2, 0) is 17.8 Å². The highest BCUT2D eigenvalue weighted by Crippen LogP contribution is 2.24. The van der Waals surface area contributed by atoms with Gasteiger partial charge in [-0.2, -0.15) is 0 Å². The van der Waals surface area contributed by atoms with Gasteiger partial charge in [0.1, 0.15) is 5.82 Å². The van der Waals surface area contributed by atoms with Crippen LogP contribution in [0.1, 0.15) is 39.6 Å². The molecule has 1 N–H and O–H groups in total. The zero-order valence-corrected chi connectivity index (χ0v) is 15.9. The van der Waals surface area contributed by atoms with Gasteiger partial charge in [-0.15, -0.1) is 0 Å². The fourth-order valence-electron chi connectivity index (χ4n) is 3.80. The van der Waals surface area contributed by atoms with Crippen LogP contribution in [0.4, 0.5) is 10.1 Å². The van der Waals surface area contributed by atoms with Gasteiger partial charge in [-0.25, -0.2) is 9.37 Å². The van der Waals surface area contributed by atoms with Crippen molar-refractivity contribution in [2.45, 2.75) is 25.8 Å². The summed E-state index contributed by atoms with van der Waals surface area (Å²) in [5.41, 5.74) is 0.954. The molecule has 9 heteroatoms. The summed E-state index contributed by atoms with van der Waals surface area (Å²) >= 11 is 0. The number of amides is 3. The van der Waals surface area contributed by atoms with Crippen molar-refractivity contribution in [2.75, 3.05) is 31.5 Å². The summed E-state index contributed by atoms with van der Waals surface area (Å²) in [5.74, 6) is -1.06. The minimum Gasteiger partial charge on any atom is -0.342 e. The fourth-order valence-corrected chi connectivity index (χ4v) is 3.80. The van der Waals surface area contributed by atoms with E-state index < -0.39 is 11.7 Å². The van der Waals surface area contributed by atoms with E-state index in [0.717, 1.165) is 19.3 Å². The Bertz CT molecular complexity index is 950. The Morgan fingerprint density at radius 2 is 1.83 bits per heavy atom. The molecule has 0 unspecified atom stereocenters. The highest BCUT2D eigenvalue weighted by Gasteiger charge is 2.31. The number of halogens is 1. The summed E-state index contributed by atoms with van der Waals surface area (Å²) in [7, 11) is 0. The second kappa shape index (κ2) is 8.02. The first-order chi connectivity index (χ1) is 14.1. The topological polar surface area (TPSA) is 87.5 Å². The largest absolute Gasteiger partial charge is 0.342 e. The average molecular weight is 399 g/mol. The van der Waals surface area contributed by atoms with Gasteiger partial charge < -0.3 is 19.7 Å². The van der Waals surface area contributed by atoms with Crippen LogP contribution in [-0.4, -0.2) is 63.8 Å². The van der Waals surface area contributed by atoms with Crippen molar-refractivity contribution in [1.29, 1.82) is 0 Å². The van der Waals surface area contributed by atoms with Crippen LogP contribution in [0.2, 0.25) is 0 Å². The number of hydrogen-bond donors (Lipinski definition) is 1. The molecular weight excluding hydrogens is 377 g/mol. The molecule has 0 atom stereocenters. The molecule has 0 spiro atoms. The van der Waals surface area contributed by atoms with Crippen molar-refractivity contribution >= 4 is 23.9 Å². The van der Waals surface area contributed by atoms with Crippen LogP contribution in [0.15, 0.2) is 24.3 Å². The molecule has 1 saturated heterocycles. The van der Waals surface area contributed by atoms with Crippen molar-refractivity contribution in [1.82, 2.24) is 19.4 Å². The molecule has 3 heterocycles. The number of aromatic nitrogens is 2. The molecule has 1 aromatic heterocycles. The van der Waals surface area contributed by atoms with Gasteiger partial charge in [0.2, 0.25) is 6.41 Å². The van der Waals surface area contributed by atoms with E-state index in [1.165, 1.54) is 12.1 Å². The molecule has 152 valence electrons. The van der Waals surface area contributed by atoms with Gasteiger partial charge in [0.05, 0.1) is 11.4 Å². The number of carbonyl (C=O) groups excluding carboxylic acids is 3. The average Bonchev–Trinajstić information content (AvgIpc) is 3.15. The Labute approximate surface area is 167 Å². The zero-order valence-electron chi connectivity index (χ0n) is 15.9.